The van der Waals surface area contributed by atoms with Gasteiger partial charge < -0.3 is 9.63 Å². The van der Waals surface area contributed by atoms with Crippen LogP contribution in [0.3, 0.4) is 0 Å². The third-order valence-corrected chi connectivity index (χ3v) is 5.78. The SMILES string of the molecule is O=C1CC(NCc2c([O-])on[n+]2-c2ccccc2)C(=O)N1c1ccc(/C=C/c2ccccc2)cc1. The number of imide groups is 1. The maximum Gasteiger partial charge on any atom is 0.253 e. The Bertz CT molecular complexity index is 1370. The van der Waals surface area contributed by atoms with Crippen molar-refractivity contribution in [2.45, 2.75) is 19.0 Å². The number of carbonyl (C=O) groups excluding carboxylic acids is 2. The van der Waals surface area contributed by atoms with E-state index in [0.29, 0.717) is 11.4 Å². The minimum Gasteiger partial charge on any atom is -0.539 e. The smallest absolute Gasteiger partial charge is 0.253 e. The predicted octanol–water partition coefficient (Wildman–Crippen LogP) is 2.62. The van der Waals surface area contributed by atoms with Crippen molar-refractivity contribution in [3.63, 3.8) is 0 Å². The number of benzene rings is 3. The molecule has 1 atom stereocenters. The fourth-order valence-corrected chi connectivity index (χ4v) is 3.96. The Morgan fingerprint density at radius 2 is 1.57 bits per heavy atom. The fourth-order valence-electron chi connectivity index (χ4n) is 3.96. The molecule has 0 radical (unpaired) electrons. The monoisotopic (exact) mass is 466 g/mol. The molecule has 0 spiro atoms. The van der Waals surface area contributed by atoms with Crippen LogP contribution in [0.5, 0.6) is 5.95 Å². The van der Waals surface area contributed by atoms with Crippen LogP contribution >= 0.6 is 0 Å². The molecule has 1 aromatic heterocycles. The van der Waals surface area contributed by atoms with E-state index in [1.807, 2.05) is 72.8 Å². The van der Waals surface area contributed by atoms with Gasteiger partial charge >= 0.3 is 0 Å². The van der Waals surface area contributed by atoms with E-state index in [-0.39, 0.29) is 30.5 Å². The normalized spacial score (nSPS) is 15.9. The first-order valence-electron chi connectivity index (χ1n) is 11.2. The number of aromatic nitrogens is 2. The number of nitrogens with one attached hydrogen (secondary N) is 1. The van der Waals surface area contributed by atoms with Crippen molar-refractivity contribution in [2.24, 2.45) is 0 Å². The third-order valence-electron chi connectivity index (χ3n) is 5.78. The molecule has 1 aliphatic rings. The first-order valence-corrected chi connectivity index (χ1v) is 11.2. The average molecular weight is 466 g/mol. The molecule has 4 aromatic rings. The van der Waals surface area contributed by atoms with Gasteiger partial charge in [-0.1, -0.05) is 72.8 Å². The molecule has 5 rings (SSSR count). The second-order valence-electron chi connectivity index (χ2n) is 8.09. The second-order valence-corrected chi connectivity index (χ2v) is 8.09. The van der Waals surface area contributed by atoms with Crippen LogP contribution in [-0.4, -0.2) is 23.1 Å². The van der Waals surface area contributed by atoms with Gasteiger partial charge in [0.25, 0.3) is 11.6 Å². The molecule has 3 aromatic carbocycles. The Morgan fingerprint density at radius 3 is 2.26 bits per heavy atom. The van der Waals surface area contributed by atoms with Crippen LogP contribution in [0.4, 0.5) is 5.69 Å². The van der Waals surface area contributed by atoms with E-state index < -0.39 is 12.0 Å². The average Bonchev–Trinajstić information content (AvgIpc) is 3.40. The molecule has 0 saturated carbocycles. The van der Waals surface area contributed by atoms with Crippen LogP contribution < -0.4 is 20.0 Å². The Hall–Kier alpha value is -4.56. The largest absolute Gasteiger partial charge is 0.539 e. The topological polar surface area (TPSA) is 102 Å². The van der Waals surface area contributed by atoms with Crippen molar-refractivity contribution in [3.8, 4) is 11.6 Å². The van der Waals surface area contributed by atoms with Crippen molar-refractivity contribution in [1.82, 2.24) is 10.6 Å². The molecule has 0 aliphatic carbocycles. The lowest BCUT2D eigenvalue weighted by atomic mass is 10.1. The van der Waals surface area contributed by atoms with Gasteiger partial charge in [-0.2, -0.15) is 0 Å². The summed E-state index contributed by atoms with van der Waals surface area (Å²) >= 11 is 0. The lowest BCUT2D eigenvalue weighted by Crippen LogP contribution is -2.43. The van der Waals surface area contributed by atoms with E-state index >= 15 is 0 Å². The first-order chi connectivity index (χ1) is 17.1. The van der Waals surface area contributed by atoms with Gasteiger partial charge in [-0.3, -0.25) is 14.9 Å². The summed E-state index contributed by atoms with van der Waals surface area (Å²) in [7, 11) is 0. The van der Waals surface area contributed by atoms with Gasteiger partial charge in [0.15, 0.2) is 5.95 Å². The number of hydrogen-bond acceptors (Lipinski definition) is 6. The Morgan fingerprint density at radius 1 is 0.943 bits per heavy atom. The molecule has 1 N–H and O–H groups in total. The molecule has 174 valence electrons. The van der Waals surface area contributed by atoms with Gasteiger partial charge in [0, 0.05) is 12.1 Å². The van der Waals surface area contributed by atoms with Crippen molar-refractivity contribution in [3.05, 3.63) is 102 Å². The molecule has 2 amide bonds. The minimum atomic E-state index is -0.751. The van der Waals surface area contributed by atoms with Gasteiger partial charge in [-0.15, -0.1) is 0 Å². The molecule has 2 heterocycles. The highest BCUT2D eigenvalue weighted by atomic mass is 16.6. The molecular formula is C27H22N4O4. The molecule has 1 aliphatic heterocycles. The number of carbonyl (C=O) groups is 2. The minimum absolute atomic E-state index is 0.000692. The number of hydrogen-bond donors (Lipinski definition) is 1. The van der Waals surface area contributed by atoms with Crippen molar-refractivity contribution in [1.29, 1.82) is 0 Å². The highest BCUT2D eigenvalue weighted by molar-refractivity contribution is 6.22. The molecule has 1 fully saturated rings. The zero-order valence-corrected chi connectivity index (χ0v) is 18.7. The van der Waals surface area contributed by atoms with Crippen LogP contribution in [0.15, 0.2) is 89.5 Å². The van der Waals surface area contributed by atoms with Crippen molar-refractivity contribution < 1.29 is 23.9 Å². The molecule has 35 heavy (non-hydrogen) atoms. The molecular weight excluding hydrogens is 444 g/mol. The van der Waals surface area contributed by atoms with Crippen LogP contribution in [0.25, 0.3) is 17.8 Å². The standard InChI is InChI=1S/C27H22N4O4/c32-25-17-23(28-18-24-27(34)35-29-31(24)22-9-5-2-6-10-22)26(33)30(25)21-15-13-20(14-16-21)12-11-19-7-3-1-4-8-19/h1-16,23,28H,17-18H2/b12-11+. The maximum absolute atomic E-state index is 13.0. The zero-order valence-electron chi connectivity index (χ0n) is 18.7. The summed E-state index contributed by atoms with van der Waals surface area (Å²) in [6.07, 6.45) is 3.97. The van der Waals surface area contributed by atoms with Gasteiger partial charge in [0.05, 0.1) is 30.0 Å². The predicted molar refractivity (Wildman–Crippen MR) is 127 cm³/mol. The van der Waals surface area contributed by atoms with Crippen LogP contribution in [-0.2, 0) is 16.1 Å². The van der Waals surface area contributed by atoms with Crippen LogP contribution in [0, 0.1) is 0 Å². The lowest BCUT2D eigenvalue weighted by Gasteiger charge is -2.15. The summed E-state index contributed by atoms with van der Waals surface area (Å²) < 4.78 is 6.20. The Kier molecular flexibility index (Phi) is 6.19. The molecule has 1 saturated heterocycles. The second kappa shape index (κ2) is 9.74. The van der Waals surface area contributed by atoms with Crippen molar-refractivity contribution in [2.75, 3.05) is 4.90 Å². The quantitative estimate of drug-likeness (QED) is 0.255. The number of amides is 2. The van der Waals surface area contributed by atoms with E-state index in [2.05, 4.69) is 10.6 Å². The van der Waals surface area contributed by atoms with Gasteiger partial charge in [0.1, 0.15) is 0 Å². The fraction of sp³-hybridized carbons (Fsp3) is 0.111. The van der Waals surface area contributed by atoms with Crippen LogP contribution in [0.1, 0.15) is 23.2 Å². The first kappa shape index (κ1) is 22.2. The summed E-state index contributed by atoms with van der Waals surface area (Å²) in [6, 6.07) is 25.5. The summed E-state index contributed by atoms with van der Waals surface area (Å²) in [5.41, 5.74) is 3.44. The van der Waals surface area contributed by atoms with Gasteiger partial charge in [-0.05, 0) is 27.9 Å². The summed E-state index contributed by atoms with van der Waals surface area (Å²) in [4.78, 5) is 26.9. The number of rotatable bonds is 7. The number of para-hydroxylation sites is 1. The zero-order chi connectivity index (χ0) is 24.2. The summed E-state index contributed by atoms with van der Waals surface area (Å²) in [5, 5.41) is 19.0. The molecule has 8 nitrogen and oxygen atoms in total. The van der Waals surface area contributed by atoms with Gasteiger partial charge in [0.2, 0.25) is 11.6 Å². The van der Waals surface area contributed by atoms with Crippen LogP contribution in [0.2, 0.25) is 0 Å². The lowest BCUT2D eigenvalue weighted by molar-refractivity contribution is -0.677. The third kappa shape index (κ3) is 4.73. The number of nitrogens with zero attached hydrogens (tertiary/aromatic N) is 3. The van der Waals surface area contributed by atoms with E-state index in [9.17, 15) is 14.7 Å². The molecule has 0 bridgehead atoms. The van der Waals surface area contributed by atoms with E-state index in [4.69, 9.17) is 4.52 Å². The van der Waals surface area contributed by atoms with Gasteiger partial charge in [-0.25, -0.2) is 4.90 Å². The Labute approximate surface area is 201 Å². The van der Waals surface area contributed by atoms with E-state index in [1.165, 1.54) is 9.58 Å². The molecule has 8 heteroatoms. The Balaban J connectivity index is 1.26. The maximum atomic E-state index is 13.0. The number of anilines is 1. The summed E-state index contributed by atoms with van der Waals surface area (Å²) in [6.45, 7) is 0.0258. The highest BCUT2D eigenvalue weighted by Gasteiger charge is 2.39. The highest BCUT2D eigenvalue weighted by Crippen LogP contribution is 2.24. The molecule has 1 unspecified atom stereocenters. The summed E-state index contributed by atoms with van der Waals surface area (Å²) in [5.74, 6) is -1.27. The van der Waals surface area contributed by atoms with E-state index in [1.54, 1.807) is 24.3 Å². The van der Waals surface area contributed by atoms with Crippen molar-refractivity contribution >= 4 is 29.7 Å². The van der Waals surface area contributed by atoms with E-state index in [0.717, 1.165) is 11.1 Å².